The largest absolute Gasteiger partial charge is 0.327 e. The highest BCUT2D eigenvalue weighted by atomic mass is 32.2. The van der Waals surface area contributed by atoms with Crippen molar-refractivity contribution in [3.63, 3.8) is 0 Å². The van der Waals surface area contributed by atoms with Gasteiger partial charge in [-0.25, -0.2) is 4.98 Å². The highest BCUT2D eigenvalue weighted by molar-refractivity contribution is 8.01. The van der Waals surface area contributed by atoms with Gasteiger partial charge in [0.2, 0.25) is 0 Å². The van der Waals surface area contributed by atoms with Gasteiger partial charge in [-0.1, -0.05) is 39.5 Å². The SMILES string of the molecule is CCC(N)C(Sc1ncns1)C(C)(C)C. The van der Waals surface area contributed by atoms with E-state index < -0.39 is 0 Å². The van der Waals surface area contributed by atoms with Crippen molar-refractivity contribution < 1.29 is 0 Å². The number of hydrogen-bond donors (Lipinski definition) is 1. The van der Waals surface area contributed by atoms with Crippen molar-refractivity contribution in [1.82, 2.24) is 9.36 Å². The van der Waals surface area contributed by atoms with Gasteiger partial charge in [-0.2, -0.15) is 4.37 Å². The Morgan fingerprint density at radius 1 is 1.53 bits per heavy atom. The van der Waals surface area contributed by atoms with Crippen LogP contribution in [0.2, 0.25) is 0 Å². The minimum absolute atomic E-state index is 0.186. The fraction of sp³-hybridized carbons (Fsp3) is 0.800. The molecule has 1 rings (SSSR count). The predicted molar refractivity (Wildman–Crippen MR) is 67.3 cm³/mol. The van der Waals surface area contributed by atoms with E-state index in [-0.39, 0.29) is 11.5 Å². The Balaban J connectivity index is 2.74. The number of nitrogens with zero attached hydrogens (tertiary/aromatic N) is 2. The highest BCUT2D eigenvalue weighted by Gasteiger charge is 2.31. The predicted octanol–water partition coefficient (Wildman–Crippen LogP) is 2.78. The first-order valence-corrected chi connectivity index (χ1v) is 6.79. The minimum Gasteiger partial charge on any atom is -0.327 e. The van der Waals surface area contributed by atoms with E-state index in [0.29, 0.717) is 5.25 Å². The fourth-order valence-corrected chi connectivity index (χ4v) is 3.38. The molecule has 0 radical (unpaired) electrons. The summed E-state index contributed by atoms with van der Waals surface area (Å²) in [5.41, 5.74) is 6.34. The van der Waals surface area contributed by atoms with E-state index in [1.165, 1.54) is 11.5 Å². The minimum atomic E-state index is 0.186. The lowest BCUT2D eigenvalue weighted by molar-refractivity contribution is 0.350. The second-order valence-electron chi connectivity index (χ2n) is 4.68. The van der Waals surface area contributed by atoms with E-state index in [9.17, 15) is 0 Å². The first-order chi connectivity index (χ1) is 6.95. The lowest BCUT2D eigenvalue weighted by atomic mass is 9.87. The third-order valence-electron chi connectivity index (χ3n) is 2.28. The van der Waals surface area contributed by atoms with E-state index >= 15 is 0 Å². The van der Waals surface area contributed by atoms with Crippen LogP contribution in [0, 0.1) is 5.41 Å². The first-order valence-electron chi connectivity index (χ1n) is 5.14. The van der Waals surface area contributed by atoms with Crippen molar-refractivity contribution in [2.24, 2.45) is 11.1 Å². The highest BCUT2D eigenvalue weighted by Crippen LogP contribution is 2.37. The van der Waals surface area contributed by atoms with Crippen LogP contribution in [0.15, 0.2) is 10.7 Å². The van der Waals surface area contributed by atoms with Gasteiger partial charge in [0.25, 0.3) is 0 Å². The zero-order valence-corrected chi connectivity index (χ0v) is 11.4. The summed E-state index contributed by atoms with van der Waals surface area (Å²) in [6, 6.07) is 0.207. The number of hydrogen-bond acceptors (Lipinski definition) is 5. The van der Waals surface area contributed by atoms with Gasteiger partial charge in [0.1, 0.15) is 6.33 Å². The van der Waals surface area contributed by atoms with Crippen molar-refractivity contribution >= 4 is 23.3 Å². The second kappa shape index (κ2) is 5.27. The van der Waals surface area contributed by atoms with Gasteiger partial charge < -0.3 is 5.73 Å². The van der Waals surface area contributed by atoms with Crippen molar-refractivity contribution in [2.45, 2.75) is 49.7 Å². The molecule has 0 aliphatic heterocycles. The molecule has 1 aromatic heterocycles. The molecule has 3 nitrogen and oxygen atoms in total. The molecule has 0 saturated heterocycles. The zero-order chi connectivity index (χ0) is 11.5. The third-order valence-corrected chi connectivity index (χ3v) is 4.87. The van der Waals surface area contributed by atoms with Crippen molar-refractivity contribution in [2.75, 3.05) is 0 Å². The monoisotopic (exact) mass is 245 g/mol. The summed E-state index contributed by atoms with van der Waals surface area (Å²) < 4.78 is 5.02. The van der Waals surface area contributed by atoms with Crippen molar-refractivity contribution in [3.8, 4) is 0 Å². The maximum absolute atomic E-state index is 6.16. The quantitative estimate of drug-likeness (QED) is 0.829. The number of aromatic nitrogens is 2. The van der Waals surface area contributed by atoms with Crippen LogP contribution >= 0.6 is 23.3 Å². The first kappa shape index (κ1) is 12.9. The Kier molecular flexibility index (Phi) is 4.55. The van der Waals surface area contributed by atoms with Crippen LogP contribution in [-0.4, -0.2) is 20.6 Å². The Hall–Kier alpha value is -0.130. The van der Waals surface area contributed by atoms with E-state index in [1.54, 1.807) is 18.1 Å². The molecule has 2 unspecified atom stereocenters. The standard InChI is InChI=1S/C10H19N3S2/c1-5-7(11)8(10(2,3)4)14-9-12-6-13-15-9/h6-8H,5,11H2,1-4H3. The van der Waals surface area contributed by atoms with Gasteiger partial charge in [0, 0.05) is 11.3 Å². The van der Waals surface area contributed by atoms with E-state index in [4.69, 9.17) is 5.73 Å². The van der Waals surface area contributed by atoms with Gasteiger partial charge >= 0.3 is 0 Å². The molecular weight excluding hydrogens is 226 g/mol. The van der Waals surface area contributed by atoms with Gasteiger partial charge in [-0.05, 0) is 23.4 Å². The molecule has 0 aliphatic rings. The zero-order valence-electron chi connectivity index (χ0n) is 9.73. The second-order valence-corrected chi connectivity index (χ2v) is 6.85. The Bertz CT molecular complexity index is 279. The smallest absolute Gasteiger partial charge is 0.170 e. The maximum atomic E-state index is 6.16. The van der Waals surface area contributed by atoms with Crippen LogP contribution in [0.1, 0.15) is 34.1 Å². The molecule has 0 aliphatic carbocycles. The van der Waals surface area contributed by atoms with Crippen LogP contribution in [0.5, 0.6) is 0 Å². The molecule has 1 aromatic rings. The summed E-state index contributed by atoms with van der Waals surface area (Å²) in [4.78, 5) is 4.20. The van der Waals surface area contributed by atoms with Crippen LogP contribution in [0.25, 0.3) is 0 Å². The van der Waals surface area contributed by atoms with Gasteiger partial charge in [-0.3, -0.25) is 0 Å². The molecule has 2 atom stereocenters. The van der Waals surface area contributed by atoms with Crippen LogP contribution < -0.4 is 5.73 Å². The molecule has 0 saturated carbocycles. The fourth-order valence-electron chi connectivity index (χ4n) is 1.44. The van der Waals surface area contributed by atoms with Crippen molar-refractivity contribution in [3.05, 3.63) is 6.33 Å². The molecule has 2 N–H and O–H groups in total. The molecule has 0 aromatic carbocycles. The summed E-state index contributed by atoms with van der Waals surface area (Å²) in [7, 11) is 0. The van der Waals surface area contributed by atoms with Crippen LogP contribution in [0.4, 0.5) is 0 Å². The van der Waals surface area contributed by atoms with Crippen molar-refractivity contribution in [1.29, 1.82) is 0 Å². The van der Waals surface area contributed by atoms with Gasteiger partial charge in [0.15, 0.2) is 4.34 Å². The molecular formula is C10H19N3S2. The average Bonchev–Trinajstić information content (AvgIpc) is 2.63. The summed E-state index contributed by atoms with van der Waals surface area (Å²) in [6.45, 7) is 8.80. The number of nitrogens with two attached hydrogens (primary N) is 1. The summed E-state index contributed by atoms with van der Waals surface area (Å²) in [6.07, 6.45) is 2.60. The average molecular weight is 245 g/mol. The Morgan fingerprint density at radius 2 is 2.20 bits per heavy atom. The summed E-state index contributed by atoms with van der Waals surface area (Å²) >= 11 is 3.20. The van der Waals surface area contributed by atoms with Crippen LogP contribution in [-0.2, 0) is 0 Å². The summed E-state index contributed by atoms with van der Waals surface area (Å²) in [5.74, 6) is 0. The third kappa shape index (κ3) is 3.74. The molecule has 1 heterocycles. The molecule has 86 valence electrons. The maximum Gasteiger partial charge on any atom is 0.170 e. The lowest BCUT2D eigenvalue weighted by Crippen LogP contribution is -2.40. The van der Waals surface area contributed by atoms with E-state index in [0.717, 1.165) is 10.8 Å². The molecule has 0 spiro atoms. The topological polar surface area (TPSA) is 51.8 Å². The number of rotatable bonds is 4. The molecule has 0 fully saturated rings. The number of thioether (sulfide) groups is 1. The van der Waals surface area contributed by atoms with E-state index in [2.05, 4.69) is 37.1 Å². The molecule has 15 heavy (non-hydrogen) atoms. The van der Waals surface area contributed by atoms with Crippen LogP contribution in [0.3, 0.4) is 0 Å². The van der Waals surface area contributed by atoms with E-state index in [1.807, 2.05) is 0 Å². The molecule has 5 heteroatoms. The Morgan fingerprint density at radius 3 is 2.60 bits per heavy atom. The Labute approximate surface area is 100 Å². The normalized spacial score (nSPS) is 16.3. The van der Waals surface area contributed by atoms with Gasteiger partial charge in [0.05, 0.1) is 0 Å². The summed E-state index contributed by atoms with van der Waals surface area (Å²) in [5, 5.41) is 0.385. The molecule has 0 bridgehead atoms. The lowest BCUT2D eigenvalue weighted by Gasteiger charge is -2.33. The van der Waals surface area contributed by atoms with Gasteiger partial charge in [-0.15, -0.1) is 0 Å². The molecule has 0 amide bonds.